The molecule has 1 rings (SSSR count). The number of halogens is 1. The summed E-state index contributed by atoms with van der Waals surface area (Å²) < 4.78 is 0. The first-order valence-electron chi connectivity index (χ1n) is 1.74. The maximum Gasteiger partial charge on any atom is 0.00450 e. The lowest BCUT2D eigenvalue weighted by Gasteiger charge is -1.69. The third-order valence-corrected chi connectivity index (χ3v) is 3.12. The number of hydrogen-bond donors (Lipinski definition) is 0. The van der Waals surface area contributed by atoms with Crippen LogP contribution >= 0.6 is 34.0 Å². The summed E-state index contributed by atoms with van der Waals surface area (Å²) in [4.78, 5) is 0. The van der Waals surface area contributed by atoms with Crippen molar-refractivity contribution in [3.05, 3.63) is 0 Å². The second-order valence-electron chi connectivity index (χ2n) is 0.998. The van der Waals surface area contributed by atoms with Crippen LogP contribution in [0.3, 0.4) is 0 Å². The van der Waals surface area contributed by atoms with Crippen LogP contribution in [0.25, 0.3) is 0 Å². The van der Waals surface area contributed by atoms with Crippen LogP contribution in [0, 0.1) is 0 Å². The van der Waals surface area contributed by atoms with Crippen molar-refractivity contribution in [3.8, 4) is 0 Å². The predicted molar refractivity (Wildman–Crippen MR) is 36.8 cm³/mol. The van der Waals surface area contributed by atoms with Crippen molar-refractivity contribution in [2.75, 3.05) is 11.5 Å². The van der Waals surface area contributed by atoms with E-state index in [0.29, 0.717) is 0 Å². The second-order valence-corrected chi connectivity index (χ2v) is 3.70. The van der Waals surface area contributed by atoms with Crippen molar-refractivity contribution in [2.45, 2.75) is 6.42 Å². The van der Waals surface area contributed by atoms with E-state index in [-0.39, 0.29) is 12.4 Å². The van der Waals surface area contributed by atoms with Gasteiger partial charge in [0, 0.05) is 11.5 Å². The van der Waals surface area contributed by atoms with Gasteiger partial charge in [0.15, 0.2) is 0 Å². The number of hydrogen-bond acceptors (Lipinski definition) is 2. The van der Waals surface area contributed by atoms with Gasteiger partial charge in [0.25, 0.3) is 0 Å². The third kappa shape index (κ3) is 2.21. The van der Waals surface area contributed by atoms with Crippen LogP contribution in [0.15, 0.2) is 0 Å². The van der Waals surface area contributed by atoms with Gasteiger partial charge >= 0.3 is 0 Å². The van der Waals surface area contributed by atoms with Crippen molar-refractivity contribution in [2.24, 2.45) is 0 Å². The van der Waals surface area contributed by atoms with Gasteiger partial charge in [0.1, 0.15) is 0 Å². The van der Waals surface area contributed by atoms with E-state index in [2.05, 4.69) is 0 Å². The Bertz CT molecular complexity index is 20.4. The molecule has 1 aliphatic rings. The molecule has 3 heteroatoms. The van der Waals surface area contributed by atoms with E-state index in [1.165, 1.54) is 17.9 Å². The van der Waals surface area contributed by atoms with Crippen LogP contribution in [0.1, 0.15) is 6.42 Å². The minimum atomic E-state index is 0. The molecule has 6 heavy (non-hydrogen) atoms. The SMILES string of the molecule is C1CSSC1.Cl. The molecule has 0 aromatic heterocycles. The van der Waals surface area contributed by atoms with Crippen molar-refractivity contribution in [1.82, 2.24) is 0 Å². The molecular weight excluding hydrogens is 136 g/mol. The smallest absolute Gasteiger partial charge is 0.00450 e. The molecule has 0 atom stereocenters. The zero-order valence-electron chi connectivity index (χ0n) is 3.35. The van der Waals surface area contributed by atoms with Crippen LogP contribution in [0.4, 0.5) is 0 Å². The van der Waals surface area contributed by atoms with E-state index in [1.807, 2.05) is 21.6 Å². The van der Waals surface area contributed by atoms with E-state index < -0.39 is 0 Å². The van der Waals surface area contributed by atoms with Gasteiger partial charge in [-0.05, 0) is 6.42 Å². The molecule has 0 nitrogen and oxygen atoms in total. The molecule has 38 valence electrons. The first kappa shape index (κ1) is 6.99. The fraction of sp³-hybridized carbons (Fsp3) is 1.00. The molecule has 0 aromatic rings. The lowest BCUT2D eigenvalue weighted by molar-refractivity contribution is 1.15. The largest absolute Gasteiger partial charge is 0.147 e. The quantitative estimate of drug-likeness (QED) is 0.476. The molecule has 1 saturated heterocycles. The van der Waals surface area contributed by atoms with Crippen LogP contribution in [0.2, 0.25) is 0 Å². The zero-order chi connectivity index (χ0) is 3.54. The highest BCUT2D eigenvalue weighted by Gasteiger charge is 1.96. The van der Waals surface area contributed by atoms with Gasteiger partial charge in [0.05, 0.1) is 0 Å². The summed E-state index contributed by atoms with van der Waals surface area (Å²) in [5.74, 6) is 2.76. The van der Waals surface area contributed by atoms with Gasteiger partial charge in [-0.25, -0.2) is 0 Å². The molecule has 1 aliphatic heterocycles. The fourth-order valence-electron chi connectivity index (χ4n) is 0.295. The molecule has 0 amide bonds. The first-order chi connectivity index (χ1) is 2.50. The molecule has 0 N–H and O–H groups in total. The van der Waals surface area contributed by atoms with E-state index >= 15 is 0 Å². The van der Waals surface area contributed by atoms with Gasteiger partial charge in [-0.1, -0.05) is 21.6 Å². The Morgan fingerprint density at radius 2 is 1.50 bits per heavy atom. The van der Waals surface area contributed by atoms with Crippen LogP contribution in [-0.4, -0.2) is 11.5 Å². The number of rotatable bonds is 0. The van der Waals surface area contributed by atoms with Gasteiger partial charge in [-0.15, -0.1) is 12.4 Å². The summed E-state index contributed by atoms with van der Waals surface area (Å²) in [6.45, 7) is 0. The molecule has 0 spiro atoms. The molecule has 0 unspecified atom stereocenters. The molecule has 0 aromatic carbocycles. The molecular formula is C3H7ClS2. The average molecular weight is 143 g/mol. The summed E-state index contributed by atoms with van der Waals surface area (Å²) in [6.07, 6.45) is 1.43. The highest BCUT2D eigenvalue weighted by Crippen LogP contribution is 2.29. The molecule has 0 radical (unpaired) electrons. The lowest BCUT2D eigenvalue weighted by atomic mass is 10.6. The van der Waals surface area contributed by atoms with Crippen LogP contribution in [-0.2, 0) is 0 Å². The Balaban J connectivity index is 0.000000250. The molecule has 0 bridgehead atoms. The normalized spacial score (nSPS) is 20.0. The van der Waals surface area contributed by atoms with E-state index in [9.17, 15) is 0 Å². The summed E-state index contributed by atoms with van der Waals surface area (Å²) >= 11 is 0. The maximum atomic E-state index is 1.99. The third-order valence-electron chi connectivity index (χ3n) is 0.539. The summed E-state index contributed by atoms with van der Waals surface area (Å²) in [5, 5.41) is 0. The zero-order valence-corrected chi connectivity index (χ0v) is 5.80. The maximum absolute atomic E-state index is 1.99. The topological polar surface area (TPSA) is 0 Å². The predicted octanol–water partition coefficient (Wildman–Crippen LogP) is 2.19. The van der Waals surface area contributed by atoms with Crippen molar-refractivity contribution in [3.63, 3.8) is 0 Å². The Labute approximate surface area is 52.3 Å². The minimum Gasteiger partial charge on any atom is -0.147 e. The fourth-order valence-corrected chi connectivity index (χ4v) is 2.65. The van der Waals surface area contributed by atoms with E-state index in [1.54, 1.807) is 0 Å². The van der Waals surface area contributed by atoms with Gasteiger partial charge in [-0.3, -0.25) is 0 Å². The summed E-state index contributed by atoms with van der Waals surface area (Å²) in [5.41, 5.74) is 0. The Morgan fingerprint density at radius 1 is 1.00 bits per heavy atom. The molecule has 1 fully saturated rings. The Hall–Kier alpha value is 0.990. The highest BCUT2D eigenvalue weighted by molar-refractivity contribution is 8.77. The Kier molecular flexibility index (Phi) is 4.84. The van der Waals surface area contributed by atoms with Crippen LogP contribution in [0.5, 0.6) is 0 Å². The summed E-state index contributed by atoms with van der Waals surface area (Å²) in [7, 11) is 3.98. The van der Waals surface area contributed by atoms with Gasteiger partial charge < -0.3 is 0 Å². The van der Waals surface area contributed by atoms with E-state index in [4.69, 9.17) is 0 Å². The van der Waals surface area contributed by atoms with Crippen LogP contribution < -0.4 is 0 Å². The van der Waals surface area contributed by atoms with Crippen molar-refractivity contribution < 1.29 is 0 Å². The van der Waals surface area contributed by atoms with Gasteiger partial charge in [-0.2, -0.15) is 0 Å². The monoisotopic (exact) mass is 142 g/mol. The van der Waals surface area contributed by atoms with E-state index in [0.717, 1.165) is 0 Å². The van der Waals surface area contributed by atoms with Crippen molar-refractivity contribution >= 4 is 34.0 Å². The standard InChI is InChI=1S/C3H6S2.ClH/c1-2-4-5-3-1;/h1-3H2;1H. The van der Waals surface area contributed by atoms with Gasteiger partial charge in [0.2, 0.25) is 0 Å². The first-order valence-corrected chi connectivity index (χ1v) is 4.23. The summed E-state index contributed by atoms with van der Waals surface area (Å²) in [6, 6.07) is 0. The molecule has 1 heterocycles. The highest BCUT2D eigenvalue weighted by atomic mass is 35.5. The molecule has 0 aliphatic carbocycles. The minimum absolute atomic E-state index is 0. The second kappa shape index (κ2) is 4.16. The lowest BCUT2D eigenvalue weighted by Crippen LogP contribution is -1.63. The van der Waals surface area contributed by atoms with Crippen molar-refractivity contribution in [1.29, 1.82) is 0 Å². The molecule has 0 saturated carbocycles. The average Bonchev–Trinajstić information content (AvgIpc) is 1.76. The Morgan fingerprint density at radius 3 is 1.67 bits per heavy atom.